The van der Waals surface area contributed by atoms with Crippen molar-refractivity contribution in [3.8, 4) is 5.75 Å². The number of rotatable bonds is 7. The summed E-state index contributed by atoms with van der Waals surface area (Å²) in [5, 5.41) is 13.5. The van der Waals surface area contributed by atoms with Crippen LogP contribution in [-0.4, -0.2) is 29.9 Å². The fourth-order valence-electron chi connectivity index (χ4n) is 1.99. The zero-order valence-corrected chi connectivity index (χ0v) is 14.2. The molecular formula is C16H14ClNO5S. The Kier molecular flexibility index (Phi) is 5.94. The average molecular weight is 368 g/mol. The van der Waals surface area contributed by atoms with Crippen molar-refractivity contribution in [2.75, 3.05) is 12.4 Å². The second-order valence-corrected chi connectivity index (χ2v) is 6.14. The molecule has 0 aliphatic rings. The summed E-state index contributed by atoms with van der Waals surface area (Å²) in [5.74, 6) is -1.61. The Labute approximate surface area is 147 Å². The summed E-state index contributed by atoms with van der Waals surface area (Å²) in [6, 6.07) is 6.02. The van der Waals surface area contributed by atoms with Gasteiger partial charge in [0.25, 0.3) is 0 Å². The van der Waals surface area contributed by atoms with E-state index >= 15 is 0 Å². The highest BCUT2D eigenvalue weighted by Crippen LogP contribution is 2.31. The summed E-state index contributed by atoms with van der Waals surface area (Å²) in [4.78, 5) is 35.5. The number of carboxylic acids is 1. The first kappa shape index (κ1) is 18.0. The summed E-state index contributed by atoms with van der Waals surface area (Å²) in [7, 11) is 1.32. The maximum atomic E-state index is 12.0. The molecule has 0 radical (unpaired) electrons. The molecule has 0 atom stereocenters. The molecule has 6 nitrogen and oxygen atoms in total. The van der Waals surface area contributed by atoms with Crippen molar-refractivity contribution in [1.29, 1.82) is 0 Å². The van der Waals surface area contributed by atoms with Crippen LogP contribution in [0.25, 0.3) is 0 Å². The lowest BCUT2D eigenvalue weighted by Gasteiger charge is -2.11. The Morgan fingerprint density at radius 2 is 2.04 bits per heavy atom. The monoisotopic (exact) mass is 367 g/mol. The number of ether oxygens (including phenoxy) is 1. The Balaban J connectivity index is 2.03. The van der Waals surface area contributed by atoms with Gasteiger partial charge in [-0.15, -0.1) is 11.3 Å². The smallest absolute Gasteiger partial charge is 0.339 e. The van der Waals surface area contributed by atoms with Crippen LogP contribution in [0.2, 0.25) is 5.02 Å². The molecule has 8 heteroatoms. The van der Waals surface area contributed by atoms with E-state index in [1.54, 1.807) is 17.5 Å². The number of hydrogen-bond donors (Lipinski definition) is 2. The number of ketones is 1. The molecule has 24 heavy (non-hydrogen) atoms. The fraction of sp³-hybridized carbons (Fsp3) is 0.188. The quantitative estimate of drug-likeness (QED) is 0.728. The largest absolute Gasteiger partial charge is 0.496 e. The maximum Gasteiger partial charge on any atom is 0.339 e. The standard InChI is InChI=1S/C16H14ClNO5S/c1-23-13-8-11(10(17)7-9(13)16(21)22)18-15(20)5-4-12(19)14-3-2-6-24-14/h2-3,6-8H,4-5H2,1H3,(H,18,20)(H,21,22). The summed E-state index contributed by atoms with van der Waals surface area (Å²) >= 11 is 7.32. The Morgan fingerprint density at radius 1 is 1.29 bits per heavy atom. The Hall–Kier alpha value is -2.38. The molecule has 0 aliphatic carbocycles. The van der Waals surface area contributed by atoms with Crippen LogP contribution in [0.4, 0.5) is 5.69 Å². The van der Waals surface area contributed by atoms with Crippen LogP contribution in [0.3, 0.4) is 0 Å². The molecule has 0 spiro atoms. The van der Waals surface area contributed by atoms with Gasteiger partial charge in [0.2, 0.25) is 5.91 Å². The van der Waals surface area contributed by atoms with Gasteiger partial charge in [0.1, 0.15) is 11.3 Å². The second-order valence-electron chi connectivity index (χ2n) is 4.79. The highest BCUT2D eigenvalue weighted by molar-refractivity contribution is 7.12. The molecule has 1 aromatic heterocycles. The molecule has 0 aliphatic heterocycles. The van der Waals surface area contributed by atoms with Crippen molar-refractivity contribution in [2.24, 2.45) is 0 Å². The predicted molar refractivity (Wildman–Crippen MR) is 91.5 cm³/mol. The first-order valence-corrected chi connectivity index (χ1v) is 8.15. The van der Waals surface area contributed by atoms with Gasteiger partial charge in [0.05, 0.1) is 22.7 Å². The molecular weight excluding hydrogens is 354 g/mol. The minimum absolute atomic E-state index is 0.00391. The number of Topliss-reactive ketones (excluding diaryl/α,β-unsaturated/α-hetero) is 1. The zero-order valence-electron chi connectivity index (χ0n) is 12.7. The summed E-state index contributed by atoms with van der Waals surface area (Å²) in [6.45, 7) is 0. The molecule has 1 aromatic carbocycles. The summed E-state index contributed by atoms with van der Waals surface area (Å²) < 4.78 is 4.99. The number of carbonyl (C=O) groups is 3. The third-order valence-corrected chi connectivity index (χ3v) is 4.39. The number of aromatic carboxylic acids is 1. The third kappa shape index (κ3) is 4.33. The predicted octanol–water partition coefficient (Wildman–Crippen LogP) is 3.71. The molecule has 0 unspecified atom stereocenters. The molecule has 0 bridgehead atoms. The third-order valence-electron chi connectivity index (χ3n) is 3.17. The summed E-state index contributed by atoms with van der Waals surface area (Å²) in [6.07, 6.45) is 0.0738. The number of anilines is 1. The minimum atomic E-state index is -1.19. The van der Waals surface area contributed by atoms with E-state index in [1.165, 1.54) is 30.6 Å². The fourth-order valence-corrected chi connectivity index (χ4v) is 2.89. The van der Waals surface area contributed by atoms with Crippen LogP contribution in [0.5, 0.6) is 5.75 Å². The normalized spacial score (nSPS) is 10.2. The molecule has 2 N–H and O–H groups in total. The van der Waals surface area contributed by atoms with Gasteiger partial charge in [-0.25, -0.2) is 4.79 Å². The lowest BCUT2D eigenvalue weighted by atomic mass is 10.1. The van der Waals surface area contributed by atoms with Crippen molar-refractivity contribution < 1.29 is 24.2 Å². The Bertz CT molecular complexity index is 773. The van der Waals surface area contributed by atoms with Gasteiger partial charge in [0.15, 0.2) is 5.78 Å². The van der Waals surface area contributed by atoms with Gasteiger partial charge >= 0.3 is 5.97 Å². The number of nitrogens with one attached hydrogen (secondary N) is 1. The van der Waals surface area contributed by atoms with Crippen molar-refractivity contribution in [2.45, 2.75) is 12.8 Å². The number of benzene rings is 1. The molecule has 0 fully saturated rings. The molecule has 126 valence electrons. The number of thiophene rings is 1. The molecule has 2 aromatic rings. The number of carboxylic acid groups (broad SMARTS) is 1. The van der Waals surface area contributed by atoms with E-state index in [4.69, 9.17) is 21.4 Å². The van der Waals surface area contributed by atoms with E-state index in [1.807, 2.05) is 0 Å². The number of methoxy groups -OCH3 is 1. The lowest BCUT2D eigenvalue weighted by molar-refractivity contribution is -0.116. The molecule has 1 heterocycles. The molecule has 0 saturated heterocycles. The maximum absolute atomic E-state index is 12.0. The van der Waals surface area contributed by atoms with E-state index < -0.39 is 11.9 Å². The van der Waals surface area contributed by atoms with Crippen LogP contribution in [0.15, 0.2) is 29.6 Å². The highest BCUT2D eigenvalue weighted by atomic mass is 35.5. The second kappa shape index (κ2) is 7.94. The number of amides is 1. The molecule has 0 saturated carbocycles. The first-order chi connectivity index (χ1) is 11.4. The van der Waals surface area contributed by atoms with Crippen LogP contribution < -0.4 is 10.1 Å². The van der Waals surface area contributed by atoms with Gasteiger partial charge in [-0.2, -0.15) is 0 Å². The van der Waals surface area contributed by atoms with Crippen LogP contribution in [-0.2, 0) is 4.79 Å². The van der Waals surface area contributed by atoms with E-state index in [9.17, 15) is 14.4 Å². The van der Waals surface area contributed by atoms with E-state index in [-0.39, 0.29) is 40.6 Å². The van der Waals surface area contributed by atoms with Gasteiger partial charge < -0.3 is 15.2 Å². The number of halogens is 1. The summed E-state index contributed by atoms with van der Waals surface area (Å²) in [5.41, 5.74) is 0.125. The molecule has 2 rings (SSSR count). The van der Waals surface area contributed by atoms with E-state index in [0.29, 0.717) is 4.88 Å². The van der Waals surface area contributed by atoms with Crippen molar-refractivity contribution in [3.63, 3.8) is 0 Å². The minimum Gasteiger partial charge on any atom is -0.496 e. The number of carbonyl (C=O) groups excluding carboxylic acids is 2. The number of hydrogen-bond acceptors (Lipinski definition) is 5. The van der Waals surface area contributed by atoms with E-state index in [0.717, 1.165) is 0 Å². The van der Waals surface area contributed by atoms with Crippen LogP contribution in [0.1, 0.15) is 32.9 Å². The topological polar surface area (TPSA) is 92.7 Å². The van der Waals surface area contributed by atoms with E-state index in [2.05, 4.69) is 5.32 Å². The lowest BCUT2D eigenvalue weighted by Crippen LogP contribution is -2.14. The van der Waals surface area contributed by atoms with Gasteiger partial charge in [-0.3, -0.25) is 9.59 Å². The van der Waals surface area contributed by atoms with Crippen molar-refractivity contribution in [3.05, 3.63) is 45.1 Å². The highest BCUT2D eigenvalue weighted by Gasteiger charge is 2.17. The van der Waals surface area contributed by atoms with Gasteiger partial charge in [0, 0.05) is 18.9 Å². The first-order valence-electron chi connectivity index (χ1n) is 6.89. The van der Waals surface area contributed by atoms with Gasteiger partial charge in [-0.1, -0.05) is 17.7 Å². The average Bonchev–Trinajstić information content (AvgIpc) is 3.08. The SMILES string of the molecule is COc1cc(NC(=O)CCC(=O)c2cccs2)c(Cl)cc1C(=O)O. The van der Waals surface area contributed by atoms with Crippen molar-refractivity contribution in [1.82, 2.24) is 0 Å². The van der Waals surface area contributed by atoms with Crippen LogP contribution >= 0.6 is 22.9 Å². The molecule has 1 amide bonds. The Morgan fingerprint density at radius 3 is 2.62 bits per heavy atom. The van der Waals surface area contributed by atoms with Crippen molar-refractivity contribution >= 4 is 46.3 Å². The van der Waals surface area contributed by atoms with Crippen LogP contribution in [0, 0.1) is 0 Å². The van der Waals surface area contributed by atoms with Gasteiger partial charge in [-0.05, 0) is 17.5 Å². The zero-order chi connectivity index (χ0) is 17.7.